The Kier molecular flexibility index (Phi) is 6.93. The number of amides is 1. The maximum absolute atomic E-state index is 13.1. The molecule has 3 rings (SSSR count). The standard InChI is InChI=1S/C22H28N2O3S2/c1-4-11-23(16-20-6-5-14-28-20)22(25)19-9-12-24(13-10-19)29(26,27)21-8-7-17(2)15-18(21)3/h4-8,14-15,19H,1,9-13,16H2,2-3H3. The van der Waals surface area contributed by atoms with Crippen molar-refractivity contribution in [3.8, 4) is 0 Å². The fourth-order valence-corrected chi connectivity index (χ4v) is 6.20. The molecule has 7 heteroatoms. The lowest BCUT2D eigenvalue weighted by molar-refractivity contribution is -0.136. The molecule has 0 unspecified atom stereocenters. The summed E-state index contributed by atoms with van der Waals surface area (Å²) in [6.07, 6.45) is 2.83. The number of rotatable bonds is 7. The average Bonchev–Trinajstić information content (AvgIpc) is 3.20. The topological polar surface area (TPSA) is 57.7 Å². The molecule has 1 fully saturated rings. The molecule has 1 aromatic carbocycles. The zero-order valence-corrected chi connectivity index (χ0v) is 18.6. The molecule has 1 aromatic heterocycles. The number of hydrogen-bond acceptors (Lipinski definition) is 4. The molecule has 29 heavy (non-hydrogen) atoms. The molecular weight excluding hydrogens is 404 g/mol. The Labute approximate surface area is 177 Å². The maximum Gasteiger partial charge on any atom is 0.243 e. The zero-order valence-electron chi connectivity index (χ0n) is 17.0. The Bertz CT molecular complexity index is 960. The van der Waals surface area contributed by atoms with Crippen molar-refractivity contribution in [2.75, 3.05) is 19.6 Å². The van der Waals surface area contributed by atoms with Crippen LogP contribution >= 0.6 is 11.3 Å². The molecule has 0 spiro atoms. The van der Waals surface area contributed by atoms with Gasteiger partial charge in [-0.25, -0.2) is 8.42 Å². The number of benzene rings is 1. The van der Waals surface area contributed by atoms with E-state index >= 15 is 0 Å². The minimum atomic E-state index is -3.54. The molecule has 1 amide bonds. The van der Waals surface area contributed by atoms with Crippen molar-refractivity contribution < 1.29 is 13.2 Å². The molecule has 0 N–H and O–H groups in total. The van der Waals surface area contributed by atoms with E-state index in [4.69, 9.17) is 0 Å². The monoisotopic (exact) mass is 432 g/mol. The summed E-state index contributed by atoms with van der Waals surface area (Å²) in [5.41, 5.74) is 1.80. The summed E-state index contributed by atoms with van der Waals surface area (Å²) in [4.78, 5) is 16.4. The van der Waals surface area contributed by atoms with Gasteiger partial charge in [-0.3, -0.25) is 4.79 Å². The van der Waals surface area contributed by atoms with Gasteiger partial charge in [0, 0.05) is 30.4 Å². The third kappa shape index (κ3) is 4.97. The number of carbonyl (C=O) groups is 1. The second-order valence-electron chi connectivity index (χ2n) is 7.53. The minimum Gasteiger partial charge on any atom is -0.334 e. The van der Waals surface area contributed by atoms with Crippen LogP contribution in [0.5, 0.6) is 0 Å². The van der Waals surface area contributed by atoms with Gasteiger partial charge >= 0.3 is 0 Å². The molecule has 5 nitrogen and oxygen atoms in total. The van der Waals surface area contributed by atoms with Gasteiger partial charge in [0.25, 0.3) is 0 Å². The highest BCUT2D eigenvalue weighted by Crippen LogP contribution is 2.27. The van der Waals surface area contributed by atoms with Gasteiger partial charge < -0.3 is 4.90 Å². The van der Waals surface area contributed by atoms with Crippen LogP contribution in [0.3, 0.4) is 0 Å². The number of hydrogen-bond donors (Lipinski definition) is 0. The highest BCUT2D eigenvalue weighted by molar-refractivity contribution is 7.89. The molecule has 1 aliphatic heterocycles. The lowest BCUT2D eigenvalue weighted by Gasteiger charge is -2.33. The Morgan fingerprint density at radius 3 is 2.59 bits per heavy atom. The Morgan fingerprint density at radius 2 is 2.00 bits per heavy atom. The maximum atomic E-state index is 13.1. The van der Waals surface area contributed by atoms with Gasteiger partial charge in [-0.15, -0.1) is 17.9 Å². The van der Waals surface area contributed by atoms with Crippen molar-refractivity contribution >= 4 is 27.3 Å². The van der Waals surface area contributed by atoms with Crippen molar-refractivity contribution in [3.63, 3.8) is 0 Å². The SMILES string of the molecule is C=CCN(Cc1cccs1)C(=O)C1CCN(S(=O)(=O)c2ccc(C)cc2C)CC1. The van der Waals surface area contributed by atoms with Gasteiger partial charge in [0.2, 0.25) is 15.9 Å². The Morgan fingerprint density at radius 1 is 1.28 bits per heavy atom. The van der Waals surface area contributed by atoms with Crippen LogP contribution in [0.25, 0.3) is 0 Å². The summed E-state index contributed by atoms with van der Waals surface area (Å²) < 4.78 is 27.6. The number of carbonyl (C=O) groups excluding carboxylic acids is 1. The smallest absolute Gasteiger partial charge is 0.243 e. The number of piperidine rings is 1. The number of aryl methyl sites for hydroxylation is 2. The summed E-state index contributed by atoms with van der Waals surface area (Å²) in [7, 11) is -3.54. The van der Waals surface area contributed by atoms with E-state index in [0.29, 0.717) is 43.9 Å². The van der Waals surface area contributed by atoms with Crippen molar-refractivity contribution in [2.45, 2.75) is 38.1 Å². The molecule has 1 aliphatic rings. The zero-order chi connectivity index (χ0) is 21.0. The lowest BCUT2D eigenvalue weighted by atomic mass is 9.96. The molecule has 2 aromatic rings. The predicted molar refractivity (Wildman–Crippen MR) is 117 cm³/mol. The van der Waals surface area contributed by atoms with E-state index in [9.17, 15) is 13.2 Å². The second-order valence-corrected chi connectivity index (χ2v) is 10.5. The number of thiophene rings is 1. The van der Waals surface area contributed by atoms with Crippen molar-refractivity contribution in [3.05, 3.63) is 64.4 Å². The van der Waals surface area contributed by atoms with Crippen LogP contribution in [-0.2, 0) is 21.4 Å². The first-order valence-corrected chi connectivity index (χ1v) is 12.1. The van der Waals surface area contributed by atoms with Gasteiger partial charge in [-0.2, -0.15) is 4.31 Å². The quantitative estimate of drug-likeness (QED) is 0.622. The van der Waals surface area contributed by atoms with Gasteiger partial charge in [-0.05, 0) is 49.8 Å². The molecular formula is C22H28N2O3S2. The summed E-state index contributed by atoms with van der Waals surface area (Å²) >= 11 is 1.63. The molecule has 1 saturated heterocycles. The van der Waals surface area contributed by atoms with Crippen molar-refractivity contribution in [1.82, 2.24) is 9.21 Å². The highest BCUT2D eigenvalue weighted by Gasteiger charge is 2.34. The van der Waals surface area contributed by atoms with Gasteiger partial charge in [0.05, 0.1) is 11.4 Å². The van der Waals surface area contributed by atoms with Crippen LogP contribution in [0.1, 0.15) is 28.8 Å². The van der Waals surface area contributed by atoms with Gasteiger partial charge in [0.1, 0.15) is 0 Å². The van der Waals surface area contributed by atoms with Crippen LogP contribution in [-0.4, -0.2) is 43.2 Å². The third-order valence-electron chi connectivity index (χ3n) is 5.34. The van der Waals surface area contributed by atoms with Gasteiger partial charge in [-0.1, -0.05) is 29.8 Å². The normalized spacial score (nSPS) is 15.9. The molecule has 2 heterocycles. The van der Waals surface area contributed by atoms with E-state index in [2.05, 4.69) is 6.58 Å². The van der Waals surface area contributed by atoms with Crippen LogP contribution < -0.4 is 0 Å². The van der Waals surface area contributed by atoms with E-state index in [1.165, 1.54) is 4.31 Å². The highest BCUT2D eigenvalue weighted by atomic mass is 32.2. The Hall–Kier alpha value is -1.96. The lowest BCUT2D eigenvalue weighted by Crippen LogP contribution is -2.44. The Balaban J connectivity index is 1.67. The molecule has 0 radical (unpaired) electrons. The first kappa shape index (κ1) is 21.7. The largest absolute Gasteiger partial charge is 0.334 e. The fourth-order valence-electron chi connectivity index (χ4n) is 3.81. The third-order valence-corrected chi connectivity index (χ3v) is 8.26. The van der Waals surface area contributed by atoms with Crippen LogP contribution in [0.4, 0.5) is 0 Å². The molecule has 0 atom stereocenters. The van der Waals surface area contributed by atoms with E-state index in [0.717, 1.165) is 16.0 Å². The van der Waals surface area contributed by atoms with Crippen LogP contribution in [0, 0.1) is 19.8 Å². The van der Waals surface area contributed by atoms with Crippen LogP contribution in [0.2, 0.25) is 0 Å². The van der Waals surface area contributed by atoms with E-state index in [1.54, 1.807) is 23.5 Å². The van der Waals surface area contributed by atoms with E-state index in [-0.39, 0.29) is 11.8 Å². The molecule has 0 bridgehead atoms. The minimum absolute atomic E-state index is 0.0851. The first-order chi connectivity index (χ1) is 13.8. The summed E-state index contributed by atoms with van der Waals surface area (Å²) in [5, 5.41) is 2.00. The predicted octanol–water partition coefficient (Wildman–Crippen LogP) is 3.98. The van der Waals surface area contributed by atoms with E-state index in [1.807, 2.05) is 48.4 Å². The number of sulfonamides is 1. The van der Waals surface area contributed by atoms with Crippen molar-refractivity contribution in [1.29, 1.82) is 0 Å². The summed E-state index contributed by atoms with van der Waals surface area (Å²) in [5.74, 6) is -0.0673. The average molecular weight is 433 g/mol. The fraction of sp³-hybridized carbons (Fsp3) is 0.409. The number of nitrogens with zero attached hydrogens (tertiary/aromatic N) is 2. The van der Waals surface area contributed by atoms with E-state index < -0.39 is 10.0 Å². The summed E-state index contributed by atoms with van der Waals surface area (Å²) in [6.45, 7) is 9.36. The van der Waals surface area contributed by atoms with Crippen molar-refractivity contribution in [2.24, 2.45) is 5.92 Å². The molecule has 0 saturated carbocycles. The van der Waals surface area contributed by atoms with Gasteiger partial charge in [0.15, 0.2) is 0 Å². The van der Waals surface area contributed by atoms with Crippen LogP contribution in [0.15, 0.2) is 53.3 Å². The first-order valence-electron chi connectivity index (χ1n) is 9.82. The molecule has 156 valence electrons. The summed E-state index contributed by atoms with van der Waals surface area (Å²) in [6, 6.07) is 9.40. The molecule has 0 aliphatic carbocycles. The second kappa shape index (κ2) is 9.24.